The molecule has 21 heavy (non-hydrogen) atoms. The van der Waals surface area contributed by atoms with Gasteiger partial charge in [-0.05, 0) is 23.0 Å². The second-order valence-corrected chi connectivity index (χ2v) is 4.77. The molecule has 1 aromatic heterocycles. The highest BCUT2D eigenvalue weighted by Crippen LogP contribution is 2.31. The lowest BCUT2D eigenvalue weighted by molar-refractivity contribution is 1.23. The average Bonchev–Trinajstić information content (AvgIpc) is 2.67. The van der Waals surface area contributed by atoms with Crippen molar-refractivity contribution in [3.63, 3.8) is 0 Å². The molecule has 0 aliphatic heterocycles. The summed E-state index contributed by atoms with van der Waals surface area (Å²) < 4.78 is 49.1. The quantitative estimate of drug-likeness (QED) is 0.360. The van der Waals surface area contributed by atoms with E-state index < -0.39 is 12.1 Å². The summed E-state index contributed by atoms with van der Waals surface area (Å²) in [6.45, 7) is 0. The second kappa shape index (κ2) is 4.83. The third kappa shape index (κ3) is 2.05. The number of halogens is 1. The molecule has 4 rings (SSSR count). The van der Waals surface area contributed by atoms with Crippen LogP contribution in [0.4, 0.5) is 0 Å². The highest BCUT2D eigenvalue weighted by molar-refractivity contribution is 6.29. The first-order valence-electron chi connectivity index (χ1n) is 9.24. The molecular weight excluding hydrogens is 280 g/mol. The molecule has 0 saturated carbocycles. The molecule has 0 radical (unpaired) electrons. The van der Waals surface area contributed by atoms with Gasteiger partial charge in [-0.15, -0.1) is 0 Å². The number of nitrogens with zero attached hydrogens (tertiary/aromatic N) is 2. The zero-order chi connectivity index (χ0) is 19.5. The number of benzene rings is 3. The molecule has 2 nitrogen and oxygen atoms in total. The largest absolute Gasteiger partial charge is 0.223 e. The van der Waals surface area contributed by atoms with Gasteiger partial charge in [0.25, 0.3) is 0 Å². The molecule has 3 heteroatoms. The molecule has 0 amide bonds. The van der Waals surface area contributed by atoms with Crippen LogP contribution in [-0.2, 0) is 0 Å². The van der Waals surface area contributed by atoms with Crippen molar-refractivity contribution in [2.24, 2.45) is 0 Å². The highest BCUT2D eigenvalue weighted by Gasteiger charge is 2.11. The highest BCUT2D eigenvalue weighted by atomic mass is 35.5. The Kier molecular flexibility index (Phi) is 1.73. The van der Waals surface area contributed by atoms with E-state index in [1.165, 1.54) is 0 Å². The maximum absolute atomic E-state index is 8.46. The molecule has 0 aliphatic carbocycles. The molecule has 100 valence electrons. The molecule has 0 N–H and O–H groups in total. The summed E-state index contributed by atoms with van der Waals surface area (Å²) in [5, 5.41) is 0.145. The van der Waals surface area contributed by atoms with Crippen molar-refractivity contribution in [3.05, 3.63) is 71.9 Å². The number of rotatable bonds is 1. The van der Waals surface area contributed by atoms with Gasteiger partial charge in [0.1, 0.15) is 0 Å². The number of fused-ring (bicyclic) bond motifs is 3. The average molecular weight is 297 g/mol. The second-order valence-electron chi connectivity index (χ2n) is 4.43. The van der Waals surface area contributed by atoms with Gasteiger partial charge in [0.15, 0.2) is 0 Å². The zero-order valence-electron chi connectivity index (χ0n) is 16.7. The van der Waals surface area contributed by atoms with Gasteiger partial charge in [0.2, 0.25) is 5.28 Å². The topological polar surface area (TPSA) is 25.8 Å². The summed E-state index contributed by atoms with van der Waals surface area (Å²) in [6.07, 6.45) is 0. The Hall–Kier alpha value is -2.45. The first-order chi connectivity index (χ1) is 12.8. The lowest BCUT2D eigenvalue weighted by Crippen LogP contribution is -1.92. The van der Waals surface area contributed by atoms with E-state index in [1.54, 1.807) is 24.3 Å². The Labute approximate surface area is 135 Å². The van der Waals surface area contributed by atoms with Crippen molar-refractivity contribution < 1.29 is 8.22 Å². The fourth-order valence-corrected chi connectivity index (χ4v) is 2.42. The minimum Gasteiger partial charge on any atom is -0.217 e. The van der Waals surface area contributed by atoms with Gasteiger partial charge in [-0.3, -0.25) is 0 Å². The molecule has 0 saturated heterocycles. The van der Waals surface area contributed by atoms with Crippen LogP contribution in [0.15, 0.2) is 66.6 Å². The van der Waals surface area contributed by atoms with E-state index in [0.717, 1.165) is 0 Å². The Morgan fingerprint density at radius 1 is 0.857 bits per heavy atom. The van der Waals surface area contributed by atoms with E-state index in [2.05, 4.69) is 9.97 Å². The van der Waals surface area contributed by atoms with E-state index in [1.807, 2.05) is 6.07 Å². The standard InChI is InChI=1S/C18H11ClN2/c19-18-20-16(13-7-2-1-3-8-13)15-11-10-12-6-4-5-9-14(12)17(15)21-18/h1-11H/i4D,5D,6D,9D,10D,11D. The van der Waals surface area contributed by atoms with Crippen LogP contribution in [0.25, 0.3) is 32.9 Å². The van der Waals surface area contributed by atoms with E-state index in [4.69, 9.17) is 19.8 Å². The van der Waals surface area contributed by atoms with E-state index >= 15 is 0 Å². The van der Waals surface area contributed by atoms with Gasteiger partial charge < -0.3 is 0 Å². The first kappa shape index (κ1) is 7.53. The Bertz CT molecular complexity index is 1240. The summed E-state index contributed by atoms with van der Waals surface area (Å²) in [7, 11) is 0. The molecule has 0 fully saturated rings. The number of hydrogen-bond acceptors (Lipinski definition) is 2. The minimum atomic E-state index is -0.455. The van der Waals surface area contributed by atoms with E-state index in [0.29, 0.717) is 11.3 Å². The van der Waals surface area contributed by atoms with Crippen molar-refractivity contribution >= 4 is 33.3 Å². The number of aromatic nitrogens is 2. The normalized spacial score (nSPS) is 15.1. The maximum atomic E-state index is 8.46. The lowest BCUT2D eigenvalue weighted by Gasteiger charge is -2.08. The molecule has 1 heterocycles. The summed E-state index contributed by atoms with van der Waals surface area (Å²) in [6, 6.07) is 6.91. The fourth-order valence-electron chi connectivity index (χ4n) is 2.25. The van der Waals surface area contributed by atoms with Crippen LogP contribution in [0, 0.1) is 0 Å². The van der Waals surface area contributed by atoms with Crippen LogP contribution in [0.5, 0.6) is 0 Å². The Balaban J connectivity index is 2.34. The van der Waals surface area contributed by atoms with E-state index in [-0.39, 0.29) is 51.1 Å². The van der Waals surface area contributed by atoms with Crippen molar-refractivity contribution in [3.8, 4) is 11.3 Å². The third-order valence-corrected chi connectivity index (χ3v) is 3.33. The molecule has 0 atom stereocenters. The lowest BCUT2D eigenvalue weighted by atomic mass is 10.0. The Morgan fingerprint density at radius 3 is 2.52 bits per heavy atom. The smallest absolute Gasteiger partial charge is 0.217 e. The van der Waals surface area contributed by atoms with Gasteiger partial charge >= 0.3 is 0 Å². The molecule has 4 aromatic rings. The van der Waals surface area contributed by atoms with Gasteiger partial charge in [0, 0.05) is 16.3 Å². The monoisotopic (exact) mass is 296 g/mol. The van der Waals surface area contributed by atoms with Crippen LogP contribution >= 0.6 is 11.6 Å². The summed E-state index contributed by atoms with van der Waals surface area (Å²) >= 11 is 6.11. The molecule has 0 aliphatic rings. The fraction of sp³-hybridized carbons (Fsp3) is 0. The summed E-state index contributed by atoms with van der Waals surface area (Å²) in [4.78, 5) is 8.40. The van der Waals surface area contributed by atoms with Crippen molar-refractivity contribution in [2.75, 3.05) is 0 Å². The maximum Gasteiger partial charge on any atom is 0.223 e. The molecular formula is C18H11ClN2. The zero-order valence-corrected chi connectivity index (χ0v) is 11.4. The predicted octanol–water partition coefficient (Wildman–Crippen LogP) is 5.10. The van der Waals surface area contributed by atoms with Crippen LogP contribution in [-0.4, -0.2) is 9.97 Å². The van der Waals surface area contributed by atoms with Gasteiger partial charge in [-0.1, -0.05) is 60.5 Å². The number of hydrogen-bond donors (Lipinski definition) is 0. The third-order valence-electron chi connectivity index (χ3n) is 3.17. The van der Waals surface area contributed by atoms with Crippen molar-refractivity contribution in [1.82, 2.24) is 9.97 Å². The van der Waals surface area contributed by atoms with E-state index in [9.17, 15) is 0 Å². The van der Waals surface area contributed by atoms with Crippen LogP contribution in [0.3, 0.4) is 0 Å². The summed E-state index contributed by atoms with van der Waals surface area (Å²) in [5.41, 5.74) is 1.15. The minimum absolute atomic E-state index is 0.0488. The SMILES string of the molecule is [2H]c1c([2H])c([2H])c2c(c1[2H])c([2H])c([2H])c1c(-c3ccccc3)nc(Cl)nc12. The first-order valence-corrected chi connectivity index (χ1v) is 6.62. The van der Waals surface area contributed by atoms with Crippen molar-refractivity contribution in [2.45, 2.75) is 0 Å². The molecule has 0 spiro atoms. The van der Waals surface area contributed by atoms with Gasteiger partial charge in [0.05, 0.1) is 19.4 Å². The van der Waals surface area contributed by atoms with Gasteiger partial charge in [-0.2, -0.15) is 0 Å². The Morgan fingerprint density at radius 2 is 1.67 bits per heavy atom. The molecule has 3 aromatic carbocycles. The summed E-state index contributed by atoms with van der Waals surface area (Å²) in [5.74, 6) is 0. The molecule has 0 unspecified atom stereocenters. The van der Waals surface area contributed by atoms with Crippen LogP contribution in [0.1, 0.15) is 8.22 Å². The van der Waals surface area contributed by atoms with Crippen LogP contribution in [0.2, 0.25) is 5.28 Å². The van der Waals surface area contributed by atoms with Gasteiger partial charge in [-0.25, -0.2) is 9.97 Å². The van der Waals surface area contributed by atoms with Crippen LogP contribution < -0.4 is 0 Å². The van der Waals surface area contributed by atoms with Crippen molar-refractivity contribution in [1.29, 1.82) is 0 Å². The molecule has 0 bridgehead atoms. The predicted molar refractivity (Wildman–Crippen MR) is 87.5 cm³/mol.